The number of thioether (sulfide) groups is 1. The van der Waals surface area contributed by atoms with Crippen LogP contribution >= 0.6 is 11.8 Å². The number of carbonyl (C=O) groups is 1. The molecule has 0 bridgehead atoms. The predicted molar refractivity (Wildman–Crippen MR) is 65.9 cm³/mol. The van der Waals surface area contributed by atoms with Crippen LogP contribution in [-0.2, 0) is 4.79 Å². The summed E-state index contributed by atoms with van der Waals surface area (Å²) in [6.07, 6.45) is 2.24. The van der Waals surface area contributed by atoms with Gasteiger partial charge in [0.25, 0.3) is 0 Å². The van der Waals surface area contributed by atoms with Crippen LogP contribution in [0, 0.1) is 5.92 Å². The van der Waals surface area contributed by atoms with Crippen LogP contribution in [-0.4, -0.2) is 29.0 Å². The molecular formula is C11H22N2OS. The maximum atomic E-state index is 11.6. The van der Waals surface area contributed by atoms with Gasteiger partial charge in [-0.3, -0.25) is 4.79 Å². The van der Waals surface area contributed by atoms with E-state index in [1.165, 1.54) is 0 Å². The van der Waals surface area contributed by atoms with Crippen molar-refractivity contribution in [3.05, 3.63) is 0 Å². The molecule has 15 heavy (non-hydrogen) atoms. The van der Waals surface area contributed by atoms with Crippen LogP contribution in [0.25, 0.3) is 0 Å². The summed E-state index contributed by atoms with van der Waals surface area (Å²) in [6.45, 7) is 6.48. The van der Waals surface area contributed by atoms with Crippen LogP contribution in [0.5, 0.6) is 0 Å². The molecule has 0 aliphatic heterocycles. The number of rotatable bonds is 5. The van der Waals surface area contributed by atoms with Crippen molar-refractivity contribution in [3.63, 3.8) is 0 Å². The average Bonchev–Trinajstić information content (AvgIpc) is 2.87. The highest BCUT2D eigenvalue weighted by Crippen LogP contribution is 2.42. The molecule has 4 heteroatoms. The predicted octanol–water partition coefficient (Wildman–Crippen LogP) is 1.37. The Bertz CT molecular complexity index is 245. The van der Waals surface area contributed by atoms with Gasteiger partial charge in [0.15, 0.2) is 0 Å². The molecule has 0 radical (unpaired) electrons. The standard InChI is InChI=1S/C11H22N2OS/c1-10(2,3)15-7-11(13-4,9(12)14)8-5-6-8/h8,13H,5-7H2,1-4H3,(H2,12,14). The Hall–Kier alpha value is -0.220. The first-order valence-electron chi connectivity index (χ1n) is 5.44. The quantitative estimate of drug-likeness (QED) is 0.750. The monoisotopic (exact) mass is 230 g/mol. The van der Waals surface area contributed by atoms with E-state index in [2.05, 4.69) is 26.1 Å². The van der Waals surface area contributed by atoms with Crippen LogP contribution in [0.3, 0.4) is 0 Å². The van der Waals surface area contributed by atoms with Gasteiger partial charge < -0.3 is 11.1 Å². The highest BCUT2D eigenvalue weighted by atomic mass is 32.2. The van der Waals surface area contributed by atoms with E-state index in [9.17, 15) is 4.79 Å². The van der Waals surface area contributed by atoms with Gasteiger partial charge in [0.2, 0.25) is 5.91 Å². The Morgan fingerprint density at radius 2 is 2.00 bits per heavy atom. The molecule has 0 spiro atoms. The molecule has 1 atom stereocenters. The van der Waals surface area contributed by atoms with Crippen LogP contribution < -0.4 is 11.1 Å². The van der Waals surface area contributed by atoms with E-state index in [4.69, 9.17) is 5.73 Å². The van der Waals surface area contributed by atoms with Crippen molar-refractivity contribution in [2.75, 3.05) is 12.8 Å². The largest absolute Gasteiger partial charge is 0.368 e. The van der Waals surface area contributed by atoms with Crippen molar-refractivity contribution in [1.82, 2.24) is 5.32 Å². The van der Waals surface area contributed by atoms with Crippen molar-refractivity contribution in [2.24, 2.45) is 11.7 Å². The van der Waals surface area contributed by atoms with Gasteiger partial charge in [0.1, 0.15) is 5.54 Å². The summed E-state index contributed by atoms with van der Waals surface area (Å²) in [5.41, 5.74) is 5.05. The maximum Gasteiger partial charge on any atom is 0.238 e. The van der Waals surface area contributed by atoms with Crippen molar-refractivity contribution in [1.29, 1.82) is 0 Å². The Morgan fingerprint density at radius 3 is 2.27 bits per heavy atom. The first kappa shape index (κ1) is 12.8. The molecule has 1 aliphatic carbocycles. The molecule has 0 aromatic rings. The smallest absolute Gasteiger partial charge is 0.238 e. The summed E-state index contributed by atoms with van der Waals surface area (Å²) in [7, 11) is 1.84. The number of primary amides is 1. The lowest BCUT2D eigenvalue weighted by molar-refractivity contribution is -0.124. The van der Waals surface area contributed by atoms with E-state index < -0.39 is 5.54 Å². The second-order valence-electron chi connectivity index (χ2n) is 5.26. The SMILES string of the molecule is CNC(CSC(C)(C)C)(C(N)=O)C1CC1. The second kappa shape index (κ2) is 4.34. The second-order valence-corrected chi connectivity index (χ2v) is 7.06. The van der Waals surface area contributed by atoms with E-state index in [1.54, 1.807) is 11.8 Å². The fourth-order valence-electron chi connectivity index (χ4n) is 1.70. The van der Waals surface area contributed by atoms with Crippen LogP contribution in [0.4, 0.5) is 0 Å². The van der Waals surface area contributed by atoms with Crippen molar-refractivity contribution >= 4 is 17.7 Å². The lowest BCUT2D eigenvalue weighted by Crippen LogP contribution is -2.58. The lowest BCUT2D eigenvalue weighted by atomic mass is 9.95. The number of amides is 1. The van der Waals surface area contributed by atoms with Gasteiger partial charge in [-0.05, 0) is 25.8 Å². The van der Waals surface area contributed by atoms with Crippen LogP contribution in [0.15, 0.2) is 0 Å². The number of carbonyl (C=O) groups excluding carboxylic acids is 1. The van der Waals surface area contributed by atoms with Crippen LogP contribution in [0.2, 0.25) is 0 Å². The summed E-state index contributed by atoms with van der Waals surface area (Å²) < 4.78 is 0.173. The highest BCUT2D eigenvalue weighted by Gasteiger charge is 2.49. The number of nitrogens with two attached hydrogens (primary N) is 1. The van der Waals surface area contributed by atoms with Gasteiger partial charge in [-0.2, -0.15) is 11.8 Å². The molecule has 1 unspecified atom stereocenters. The van der Waals surface area contributed by atoms with E-state index in [0.717, 1.165) is 18.6 Å². The lowest BCUT2D eigenvalue weighted by Gasteiger charge is -2.32. The summed E-state index contributed by atoms with van der Waals surface area (Å²) in [6, 6.07) is 0. The molecule has 1 saturated carbocycles. The van der Waals surface area contributed by atoms with Gasteiger partial charge in [-0.1, -0.05) is 20.8 Å². The Labute approximate surface area is 96.6 Å². The molecular weight excluding hydrogens is 208 g/mol. The van der Waals surface area contributed by atoms with E-state index in [0.29, 0.717) is 5.92 Å². The molecule has 88 valence electrons. The van der Waals surface area contributed by atoms with Gasteiger partial charge in [-0.25, -0.2) is 0 Å². The van der Waals surface area contributed by atoms with E-state index in [-0.39, 0.29) is 10.7 Å². The minimum Gasteiger partial charge on any atom is -0.368 e. The molecule has 1 rings (SSSR count). The first-order valence-corrected chi connectivity index (χ1v) is 6.43. The molecule has 3 N–H and O–H groups in total. The zero-order valence-corrected chi connectivity index (χ0v) is 10.9. The molecule has 1 amide bonds. The minimum atomic E-state index is -0.488. The Morgan fingerprint density at radius 1 is 1.47 bits per heavy atom. The topological polar surface area (TPSA) is 55.1 Å². The third-order valence-corrected chi connectivity index (χ3v) is 4.36. The number of likely N-dealkylation sites (N-methyl/N-ethyl adjacent to an activating group) is 1. The zero-order valence-electron chi connectivity index (χ0n) is 10.1. The molecule has 1 fully saturated rings. The third kappa shape index (κ3) is 3.11. The Balaban J connectivity index is 2.68. The van der Waals surface area contributed by atoms with E-state index in [1.807, 2.05) is 7.05 Å². The van der Waals surface area contributed by atoms with Crippen molar-refractivity contribution < 1.29 is 4.79 Å². The summed E-state index contributed by atoms with van der Waals surface area (Å²) >= 11 is 1.80. The fourth-order valence-corrected chi connectivity index (χ4v) is 2.88. The highest BCUT2D eigenvalue weighted by molar-refractivity contribution is 8.00. The first-order chi connectivity index (χ1) is 6.82. The summed E-state index contributed by atoms with van der Waals surface area (Å²) in [5.74, 6) is 1.01. The summed E-state index contributed by atoms with van der Waals surface area (Å²) in [5, 5.41) is 3.15. The Kier molecular flexibility index (Phi) is 3.71. The van der Waals surface area contributed by atoms with Gasteiger partial charge >= 0.3 is 0 Å². The third-order valence-electron chi connectivity index (χ3n) is 2.89. The maximum absolute atomic E-state index is 11.6. The summed E-state index contributed by atoms with van der Waals surface area (Å²) in [4.78, 5) is 11.6. The molecule has 0 heterocycles. The fraction of sp³-hybridized carbons (Fsp3) is 0.909. The average molecular weight is 230 g/mol. The molecule has 0 saturated heterocycles. The van der Waals surface area contributed by atoms with Gasteiger partial charge in [0, 0.05) is 10.5 Å². The van der Waals surface area contributed by atoms with Gasteiger partial charge in [0.05, 0.1) is 0 Å². The number of hydrogen-bond donors (Lipinski definition) is 2. The minimum absolute atomic E-state index is 0.173. The van der Waals surface area contributed by atoms with E-state index >= 15 is 0 Å². The van der Waals surface area contributed by atoms with Crippen molar-refractivity contribution in [2.45, 2.75) is 43.9 Å². The normalized spacial score (nSPS) is 21.1. The molecule has 0 aromatic heterocycles. The molecule has 0 aromatic carbocycles. The van der Waals surface area contributed by atoms with Crippen molar-refractivity contribution in [3.8, 4) is 0 Å². The number of hydrogen-bond acceptors (Lipinski definition) is 3. The number of nitrogens with one attached hydrogen (secondary N) is 1. The molecule has 3 nitrogen and oxygen atoms in total. The van der Waals surface area contributed by atoms with Crippen LogP contribution in [0.1, 0.15) is 33.6 Å². The molecule has 1 aliphatic rings. The van der Waals surface area contributed by atoms with Gasteiger partial charge in [-0.15, -0.1) is 0 Å². The zero-order chi connectivity index (χ0) is 11.7.